The number of ketones is 1. The van der Waals surface area contributed by atoms with Gasteiger partial charge >= 0.3 is 11.8 Å². The van der Waals surface area contributed by atoms with Crippen molar-refractivity contribution in [3.8, 4) is 0 Å². The van der Waals surface area contributed by atoms with E-state index >= 15 is 0 Å². The SMILES string of the molecule is NC(=O)O.O=C(c1ccccc1)c1ccc(F)c([N+](=O)[O-])c1. The Morgan fingerprint density at radius 1 is 1.09 bits per heavy atom. The number of nitro groups is 1. The number of nitro benzene ring substituents is 1. The monoisotopic (exact) mass is 306 g/mol. The summed E-state index contributed by atoms with van der Waals surface area (Å²) in [7, 11) is 0. The van der Waals surface area contributed by atoms with Crippen molar-refractivity contribution in [1.82, 2.24) is 0 Å². The maximum Gasteiger partial charge on any atom is 0.402 e. The van der Waals surface area contributed by atoms with Gasteiger partial charge in [0, 0.05) is 17.2 Å². The zero-order valence-electron chi connectivity index (χ0n) is 11.1. The number of benzene rings is 2. The van der Waals surface area contributed by atoms with Crippen LogP contribution in [0.3, 0.4) is 0 Å². The maximum absolute atomic E-state index is 13.1. The van der Waals surface area contributed by atoms with Gasteiger partial charge < -0.3 is 10.8 Å². The van der Waals surface area contributed by atoms with Gasteiger partial charge in [0.2, 0.25) is 5.82 Å². The van der Waals surface area contributed by atoms with E-state index in [9.17, 15) is 19.3 Å². The second-order valence-corrected chi connectivity index (χ2v) is 3.96. The highest BCUT2D eigenvalue weighted by Gasteiger charge is 2.18. The molecular weight excluding hydrogens is 295 g/mol. The number of carbonyl (C=O) groups excluding carboxylic acids is 1. The molecule has 0 bridgehead atoms. The van der Waals surface area contributed by atoms with Crippen LogP contribution in [-0.2, 0) is 0 Å². The van der Waals surface area contributed by atoms with Crippen LogP contribution < -0.4 is 5.73 Å². The minimum atomic E-state index is -1.33. The summed E-state index contributed by atoms with van der Waals surface area (Å²) in [5.41, 5.74) is 3.82. The summed E-state index contributed by atoms with van der Waals surface area (Å²) in [6.45, 7) is 0. The fourth-order valence-electron chi connectivity index (χ4n) is 1.55. The highest BCUT2D eigenvalue weighted by molar-refractivity contribution is 6.09. The van der Waals surface area contributed by atoms with Gasteiger partial charge in [-0.05, 0) is 12.1 Å². The van der Waals surface area contributed by atoms with Crippen molar-refractivity contribution < 1.29 is 24.0 Å². The van der Waals surface area contributed by atoms with Crippen LogP contribution in [0.15, 0.2) is 48.5 Å². The largest absolute Gasteiger partial charge is 0.465 e. The van der Waals surface area contributed by atoms with Crippen LogP contribution in [0, 0.1) is 15.9 Å². The molecule has 114 valence electrons. The van der Waals surface area contributed by atoms with Gasteiger partial charge in [0.25, 0.3) is 0 Å². The maximum atomic E-state index is 13.1. The Labute approximate surface area is 123 Å². The fourth-order valence-corrected chi connectivity index (χ4v) is 1.55. The highest BCUT2D eigenvalue weighted by Crippen LogP contribution is 2.20. The summed E-state index contributed by atoms with van der Waals surface area (Å²) in [5.74, 6) is -1.33. The molecule has 0 aromatic heterocycles. The van der Waals surface area contributed by atoms with Gasteiger partial charge in [0.05, 0.1) is 4.92 Å². The Morgan fingerprint density at radius 2 is 1.64 bits per heavy atom. The van der Waals surface area contributed by atoms with Gasteiger partial charge in [0.1, 0.15) is 0 Å². The minimum Gasteiger partial charge on any atom is -0.465 e. The van der Waals surface area contributed by atoms with Crippen LogP contribution in [0.2, 0.25) is 0 Å². The molecule has 0 radical (unpaired) electrons. The predicted molar refractivity (Wildman–Crippen MR) is 75.1 cm³/mol. The Bertz CT molecular complexity index is 700. The quantitative estimate of drug-likeness (QED) is 0.512. The number of nitrogens with zero attached hydrogens (tertiary/aromatic N) is 1. The molecular formula is C14H11FN2O5. The highest BCUT2D eigenvalue weighted by atomic mass is 19.1. The van der Waals surface area contributed by atoms with E-state index in [4.69, 9.17) is 9.90 Å². The number of primary amides is 1. The van der Waals surface area contributed by atoms with Crippen molar-refractivity contribution in [1.29, 1.82) is 0 Å². The second kappa shape index (κ2) is 7.48. The summed E-state index contributed by atoms with van der Waals surface area (Å²) in [5, 5.41) is 17.8. The van der Waals surface area contributed by atoms with Crippen LogP contribution >= 0.6 is 0 Å². The van der Waals surface area contributed by atoms with Crippen molar-refractivity contribution in [2.24, 2.45) is 5.73 Å². The van der Waals surface area contributed by atoms with E-state index in [0.29, 0.717) is 5.56 Å². The molecule has 0 aliphatic rings. The lowest BCUT2D eigenvalue weighted by Gasteiger charge is -2.01. The number of nitrogens with two attached hydrogens (primary N) is 1. The van der Waals surface area contributed by atoms with E-state index in [1.807, 2.05) is 0 Å². The first-order valence-corrected chi connectivity index (χ1v) is 5.85. The first-order chi connectivity index (χ1) is 10.3. The average molecular weight is 306 g/mol. The average Bonchev–Trinajstić information content (AvgIpc) is 2.47. The Morgan fingerprint density at radius 3 is 2.14 bits per heavy atom. The smallest absolute Gasteiger partial charge is 0.402 e. The molecule has 0 aliphatic carbocycles. The third-order valence-electron chi connectivity index (χ3n) is 2.44. The van der Waals surface area contributed by atoms with Crippen LogP contribution in [0.25, 0.3) is 0 Å². The third-order valence-corrected chi connectivity index (χ3v) is 2.44. The Balaban J connectivity index is 0.000000541. The molecule has 0 fully saturated rings. The summed E-state index contributed by atoms with van der Waals surface area (Å²) >= 11 is 0. The summed E-state index contributed by atoms with van der Waals surface area (Å²) in [6.07, 6.45) is -1.33. The number of hydrogen-bond acceptors (Lipinski definition) is 4. The van der Waals surface area contributed by atoms with Gasteiger partial charge in [-0.1, -0.05) is 30.3 Å². The van der Waals surface area contributed by atoms with Crippen LogP contribution in [0.4, 0.5) is 14.9 Å². The summed E-state index contributed by atoms with van der Waals surface area (Å²) < 4.78 is 13.1. The lowest BCUT2D eigenvalue weighted by atomic mass is 10.0. The van der Waals surface area contributed by atoms with Gasteiger partial charge in [-0.3, -0.25) is 14.9 Å². The molecule has 2 aromatic carbocycles. The number of carbonyl (C=O) groups is 2. The standard InChI is InChI=1S/C13H8FNO3.CH3NO2/c14-11-7-6-10(8-12(11)15(17)18)13(16)9-4-2-1-3-5-9;2-1(3)4/h1-8H;2H2,(H,3,4). The molecule has 2 aromatic rings. The Hall–Kier alpha value is -3.29. The van der Waals surface area contributed by atoms with E-state index in [0.717, 1.165) is 12.1 Å². The number of rotatable bonds is 3. The van der Waals surface area contributed by atoms with Gasteiger partial charge in [-0.25, -0.2) is 4.79 Å². The second-order valence-electron chi connectivity index (χ2n) is 3.96. The molecule has 0 unspecified atom stereocenters. The molecule has 0 heterocycles. The first-order valence-electron chi connectivity index (χ1n) is 5.85. The zero-order chi connectivity index (χ0) is 16.7. The summed E-state index contributed by atoms with van der Waals surface area (Å²) in [4.78, 5) is 30.5. The molecule has 7 nitrogen and oxygen atoms in total. The van der Waals surface area contributed by atoms with Crippen molar-refractivity contribution in [2.45, 2.75) is 0 Å². The van der Waals surface area contributed by atoms with E-state index in [1.54, 1.807) is 30.3 Å². The van der Waals surface area contributed by atoms with Crippen LogP contribution in [0.5, 0.6) is 0 Å². The van der Waals surface area contributed by atoms with Crippen molar-refractivity contribution >= 4 is 17.6 Å². The molecule has 2 rings (SSSR count). The van der Waals surface area contributed by atoms with E-state index < -0.39 is 22.5 Å². The molecule has 0 spiro atoms. The fraction of sp³-hybridized carbons (Fsp3) is 0. The topological polar surface area (TPSA) is 124 Å². The van der Waals surface area contributed by atoms with Crippen molar-refractivity contribution in [2.75, 3.05) is 0 Å². The molecule has 0 atom stereocenters. The Kier molecular flexibility index (Phi) is 5.70. The zero-order valence-corrected chi connectivity index (χ0v) is 11.1. The molecule has 1 amide bonds. The normalized spacial score (nSPS) is 9.32. The van der Waals surface area contributed by atoms with Gasteiger partial charge in [0.15, 0.2) is 5.78 Å². The lowest BCUT2D eigenvalue weighted by Crippen LogP contribution is -2.03. The van der Waals surface area contributed by atoms with E-state index in [-0.39, 0.29) is 11.3 Å². The number of halogens is 1. The number of carboxylic acid groups (broad SMARTS) is 1. The molecule has 0 saturated heterocycles. The molecule has 8 heteroatoms. The molecule has 3 N–H and O–H groups in total. The van der Waals surface area contributed by atoms with Crippen molar-refractivity contribution in [3.63, 3.8) is 0 Å². The van der Waals surface area contributed by atoms with Gasteiger partial charge in [-0.15, -0.1) is 0 Å². The third kappa shape index (κ3) is 4.67. The van der Waals surface area contributed by atoms with Crippen LogP contribution in [-0.4, -0.2) is 21.9 Å². The number of amides is 1. The van der Waals surface area contributed by atoms with E-state index in [2.05, 4.69) is 5.73 Å². The lowest BCUT2D eigenvalue weighted by molar-refractivity contribution is -0.387. The molecule has 0 saturated carbocycles. The van der Waals surface area contributed by atoms with E-state index in [1.165, 1.54) is 6.07 Å². The van der Waals surface area contributed by atoms with Gasteiger partial charge in [-0.2, -0.15) is 4.39 Å². The first kappa shape index (κ1) is 16.8. The number of hydrogen-bond donors (Lipinski definition) is 2. The van der Waals surface area contributed by atoms with Crippen LogP contribution in [0.1, 0.15) is 15.9 Å². The molecule has 22 heavy (non-hydrogen) atoms. The predicted octanol–water partition coefficient (Wildman–Crippen LogP) is 2.59. The minimum absolute atomic E-state index is 0.0919. The summed E-state index contributed by atoms with van der Waals surface area (Å²) in [6, 6.07) is 11.4. The van der Waals surface area contributed by atoms with Crippen molar-refractivity contribution in [3.05, 3.63) is 75.6 Å². The molecule has 0 aliphatic heterocycles.